The van der Waals surface area contributed by atoms with Crippen LogP contribution in [0.25, 0.3) is 72.4 Å². The lowest BCUT2D eigenvalue weighted by Crippen LogP contribution is -1.91. The van der Waals surface area contributed by atoms with Crippen LogP contribution in [-0.2, 0) is 0 Å². The second-order valence-electron chi connectivity index (χ2n) is 11.2. The van der Waals surface area contributed by atoms with Gasteiger partial charge in [0, 0.05) is 28.6 Å². The van der Waals surface area contributed by atoms with Crippen LogP contribution in [-0.4, -0.2) is 14.4 Å². The first-order chi connectivity index (χ1) is 21.7. The first-order valence-electron chi connectivity index (χ1n) is 14.9. The van der Waals surface area contributed by atoms with Crippen molar-refractivity contribution in [2.75, 3.05) is 0 Å². The van der Waals surface area contributed by atoms with Gasteiger partial charge in [-0.05, 0) is 88.5 Å². The van der Waals surface area contributed by atoms with E-state index in [1.807, 2.05) is 19.1 Å². The summed E-state index contributed by atoms with van der Waals surface area (Å²) in [6, 6.07) is 53.6. The summed E-state index contributed by atoms with van der Waals surface area (Å²) in [7, 11) is 0. The fourth-order valence-electron chi connectivity index (χ4n) is 6.19. The second-order valence-corrected chi connectivity index (χ2v) is 11.2. The molecule has 0 amide bonds. The minimum absolute atomic E-state index is 0.928. The SMILES string of the molecule is Cc1cccc(-c2cc(-c3cccc(-c4nc5ccccn5c4-c4ccccc4)c3)cc(-c3cccc4ccccc34)c2)n1. The van der Waals surface area contributed by atoms with Crippen LogP contribution in [0.1, 0.15) is 5.69 Å². The van der Waals surface area contributed by atoms with Crippen molar-refractivity contribution >= 4 is 16.4 Å². The van der Waals surface area contributed by atoms with E-state index in [1.54, 1.807) is 0 Å². The van der Waals surface area contributed by atoms with Gasteiger partial charge in [-0.25, -0.2) is 4.98 Å². The summed E-state index contributed by atoms with van der Waals surface area (Å²) in [5.41, 5.74) is 12.9. The third-order valence-corrected chi connectivity index (χ3v) is 8.26. The largest absolute Gasteiger partial charge is 0.299 e. The predicted molar refractivity (Wildman–Crippen MR) is 182 cm³/mol. The van der Waals surface area contributed by atoms with E-state index < -0.39 is 0 Å². The molecule has 0 N–H and O–H groups in total. The summed E-state index contributed by atoms with van der Waals surface area (Å²) < 4.78 is 2.18. The Morgan fingerprint density at radius 1 is 0.477 bits per heavy atom. The van der Waals surface area contributed by atoms with Gasteiger partial charge in [-0.3, -0.25) is 9.38 Å². The Morgan fingerprint density at radius 3 is 2.07 bits per heavy atom. The van der Waals surface area contributed by atoms with Gasteiger partial charge in [-0.2, -0.15) is 0 Å². The number of rotatable bonds is 5. The first kappa shape index (κ1) is 25.9. The topological polar surface area (TPSA) is 30.2 Å². The molecular formula is C41H29N3. The summed E-state index contributed by atoms with van der Waals surface area (Å²) in [6.07, 6.45) is 2.09. The van der Waals surface area contributed by atoms with Crippen LogP contribution in [0, 0.1) is 6.92 Å². The van der Waals surface area contributed by atoms with Crippen LogP contribution < -0.4 is 0 Å². The van der Waals surface area contributed by atoms with Crippen LogP contribution >= 0.6 is 0 Å². The Morgan fingerprint density at radius 2 is 1.16 bits per heavy atom. The zero-order valence-electron chi connectivity index (χ0n) is 24.4. The van der Waals surface area contributed by atoms with E-state index in [-0.39, 0.29) is 0 Å². The van der Waals surface area contributed by atoms with Crippen LogP contribution in [0.2, 0.25) is 0 Å². The molecular weight excluding hydrogens is 534 g/mol. The molecule has 0 atom stereocenters. The fraction of sp³-hybridized carbons (Fsp3) is 0.0244. The number of hydrogen-bond acceptors (Lipinski definition) is 2. The summed E-state index contributed by atoms with van der Waals surface area (Å²) in [5, 5.41) is 2.47. The maximum atomic E-state index is 5.12. The number of imidazole rings is 1. The van der Waals surface area contributed by atoms with Crippen LogP contribution in [0.5, 0.6) is 0 Å². The van der Waals surface area contributed by atoms with Gasteiger partial charge in [0.05, 0.1) is 17.1 Å². The summed E-state index contributed by atoms with van der Waals surface area (Å²) in [4.78, 5) is 10.0. The van der Waals surface area contributed by atoms with E-state index in [0.717, 1.165) is 56.2 Å². The molecule has 0 aliphatic carbocycles. The Labute approximate surface area is 256 Å². The molecule has 0 fully saturated rings. The van der Waals surface area contributed by atoms with Crippen molar-refractivity contribution in [3.05, 3.63) is 164 Å². The van der Waals surface area contributed by atoms with E-state index in [4.69, 9.17) is 9.97 Å². The van der Waals surface area contributed by atoms with Gasteiger partial charge in [0.15, 0.2) is 0 Å². The lowest BCUT2D eigenvalue weighted by atomic mass is 9.91. The van der Waals surface area contributed by atoms with Gasteiger partial charge in [0.25, 0.3) is 0 Å². The second kappa shape index (κ2) is 10.8. The van der Waals surface area contributed by atoms with Crippen molar-refractivity contribution in [1.29, 1.82) is 0 Å². The third kappa shape index (κ3) is 4.65. The van der Waals surface area contributed by atoms with Crippen molar-refractivity contribution in [3.8, 4) is 56.0 Å². The lowest BCUT2D eigenvalue weighted by molar-refractivity contribution is 1.19. The molecule has 3 nitrogen and oxygen atoms in total. The molecule has 0 bridgehead atoms. The Balaban J connectivity index is 1.33. The number of fused-ring (bicyclic) bond motifs is 2. The average molecular weight is 564 g/mol. The molecule has 0 unspecified atom stereocenters. The van der Waals surface area contributed by atoms with E-state index in [0.29, 0.717) is 0 Å². The average Bonchev–Trinajstić information content (AvgIpc) is 3.48. The van der Waals surface area contributed by atoms with Gasteiger partial charge >= 0.3 is 0 Å². The zero-order valence-corrected chi connectivity index (χ0v) is 24.4. The van der Waals surface area contributed by atoms with Crippen molar-refractivity contribution in [2.24, 2.45) is 0 Å². The molecule has 0 saturated carbocycles. The zero-order chi connectivity index (χ0) is 29.5. The molecule has 5 aromatic carbocycles. The molecule has 0 spiro atoms. The van der Waals surface area contributed by atoms with E-state index in [1.165, 1.54) is 21.9 Å². The van der Waals surface area contributed by atoms with Gasteiger partial charge in [0.2, 0.25) is 0 Å². The summed E-state index contributed by atoms with van der Waals surface area (Å²) >= 11 is 0. The fourth-order valence-corrected chi connectivity index (χ4v) is 6.19. The highest BCUT2D eigenvalue weighted by Gasteiger charge is 2.17. The number of nitrogens with zero attached hydrogens (tertiary/aromatic N) is 3. The predicted octanol–water partition coefficient (Wildman–Crippen LogP) is 10.5. The third-order valence-electron chi connectivity index (χ3n) is 8.26. The normalized spacial score (nSPS) is 11.3. The number of pyridine rings is 2. The molecule has 8 rings (SSSR count). The first-order valence-corrected chi connectivity index (χ1v) is 14.9. The Hall–Kier alpha value is -5.80. The van der Waals surface area contributed by atoms with E-state index >= 15 is 0 Å². The minimum Gasteiger partial charge on any atom is -0.299 e. The molecule has 0 aliphatic heterocycles. The smallest absolute Gasteiger partial charge is 0.137 e. The summed E-state index contributed by atoms with van der Waals surface area (Å²) in [6.45, 7) is 2.04. The minimum atomic E-state index is 0.928. The standard InChI is InChI=1S/C41H29N3/c1-28-12-9-21-38(42-28)35-26-33(25-34(27-35)37-20-11-16-29-13-5-6-19-36(29)37)31-17-10-18-32(24-31)40-41(30-14-3-2-4-15-30)44-23-8-7-22-39(44)43-40/h2-27H,1H3. The highest BCUT2D eigenvalue weighted by molar-refractivity contribution is 5.98. The van der Waals surface area contributed by atoms with Crippen molar-refractivity contribution in [2.45, 2.75) is 6.92 Å². The molecule has 3 heterocycles. The van der Waals surface area contributed by atoms with Crippen molar-refractivity contribution in [1.82, 2.24) is 14.4 Å². The van der Waals surface area contributed by atoms with Crippen molar-refractivity contribution < 1.29 is 0 Å². The molecule has 3 aromatic heterocycles. The van der Waals surface area contributed by atoms with Gasteiger partial charge < -0.3 is 0 Å². The van der Waals surface area contributed by atoms with Crippen LogP contribution in [0.3, 0.4) is 0 Å². The van der Waals surface area contributed by atoms with Gasteiger partial charge in [-0.15, -0.1) is 0 Å². The van der Waals surface area contributed by atoms with Crippen LogP contribution in [0.4, 0.5) is 0 Å². The number of aromatic nitrogens is 3. The monoisotopic (exact) mass is 563 g/mol. The lowest BCUT2D eigenvalue weighted by Gasteiger charge is -2.14. The molecule has 208 valence electrons. The molecule has 0 aliphatic rings. The molecule has 8 aromatic rings. The van der Waals surface area contributed by atoms with E-state index in [2.05, 4.69) is 150 Å². The molecule has 0 radical (unpaired) electrons. The van der Waals surface area contributed by atoms with Gasteiger partial charge in [0.1, 0.15) is 5.65 Å². The van der Waals surface area contributed by atoms with Crippen molar-refractivity contribution in [3.63, 3.8) is 0 Å². The number of benzene rings is 5. The number of aryl methyl sites for hydroxylation is 1. The van der Waals surface area contributed by atoms with E-state index in [9.17, 15) is 0 Å². The van der Waals surface area contributed by atoms with Gasteiger partial charge in [-0.1, -0.05) is 103 Å². The molecule has 44 heavy (non-hydrogen) atoms. The Bertz CT molecular complexity index is 2290. The molecule has 0 saturated heterocycles. The maximum Gasteiger partial charge on any atom is 0.137 e. The maximum absolute atomic E-state index is 5.12. The Kier molecular flexibility index (Phi) is 6.35. The number of hydrogen-bond donors (Lipinski definition) is 0. The van der Waals surface area contributed by atoms with Crippen LogP contribution in [0.15, 0.2) is 158 Å². The molecule has 3 heteroatoms. The highest BCUT2D eigenvalue weighted by Crippen LogP contribution is 2.38. The quantitative estimate of drug-likeness (QED) is 0.208. The summed E-state index contributed by atoms with van der Waals surface area (Å²) in [5.74, 6) is 0. The highest BCUT2D eigenvalue weighted by atomic mass is 15.0.